The Balaban J connectivity index is 3.59. The number of ether oxygens (including phenoxy) is 1. The number of H-pyrrole nitrogens is 1. The number of halogens is 6. The third-order valence-corrected chi connectivity index (χ3v) is 1.75. The lowest BCUT2D eigenvalue weighted by Crippen LogP contribution is -2.26. The van der Waals surface area contributed by atoms with E-state index in [9.17, 15) is 35.9 Å². The zero-order valence-electron chi connectivity index (χ0n) is 8.52. The summed E-state index contributed by atoms with van der Waals surface area (Å²) in [7, 11) is 0. The summed E-state index contributed by atoms with van der Waals surface area (Å²) in [4.78, 5) is 22.7. The Morgan fingerprint density at radius 1 is 1.21 bits per heavy atom. The fraction of sp³-hybridized carbons (Fsp3) is 0.250. The van der Waals surface area contributed by atoms with Crippen LogP contribution in [0.5, 0.6) is 5.88 Å². The molecule has 0 atom stereocenters. The average Bonchev–Trinajstić information content (AvgIpc) is 2.11. The molecule has 1 heterocycles. The van der Waals surface area contributed by atoms with Crippen LogP contribution in [0, 0.1) is 0 Å². The molecule has 0 radical (unpaired) electrons. The van der Waals surface area contributed by atoms with Gasteiger partial charge in [-0.3, -0.25) is 9.78 Å². The number of aromatic amines is 1. The van der Waals surface area contributed by atoms with E-state index >= 15 is 0 Å². The van der Waals surface area contributed by atoms with Gasteiger partial charge in [-0.15, -0.1) is 13.2 Å². The van der Waals surface area contributed by atoms with Crippen molar-refractivity contribution in [2.45, 2.75) is 12.5 Å². The molecular weight excluding hydrogens is 288 g/mol. The van der Waals surface area contributed by atoms with E-state index in [-0.39, 0.29) is 6.07 Å². The lowest BCUT2D eigenvalue weighted by atomic mass is 10.1. The van der Waals surface area contributed by atoms with E-state index in [1.54, 1.807) is 0 Å². The molecule has 11 heteroatoms. The molecular formula is C8H3F6NO4. The van der Waals surface area contributed by atoms with Crippen LogP contribution in [0.15, 0.2) is 10.9 Å². The highest BCUT2D eigenvalue weighted by atomic mass is 19.4. The molecule has 5 nitrogen and oxygen atoms in total. The largest absolute Gasteiger partial charge is 0.574 e. The number of carboxylic acid groups (broad SMARTS) is 1. The summed E-state index contributed by atoms with van der Waals surface area (Å²) >= 11 is 0. The maximum absolute atomic E-state index is 12.4. The van der Waals surface area contributed by atoms with Gasteiger partial charge < -0.3 is 9.84 Å². The summed E-state index contributed by atoms with van der Waals surface area (Å²) in [5.74, 6) is -4.16. The van der Waals surface area contributed by atoms with Crippen molar-refractivity contribution in [3.8, 4) is 5.88 Å². The number of pyridine rings is 1. The van der Waals surface area contributed by atoms with Gasteiger partial charge in [0, 0.05) is 6.07 Å². The quantitative estimate of drug-likeness (QED) is 0.817. The second-order valence-corrected chi connectivity index (χ2v) is 3.10. The highest BCUT2D eigenvalue weighted by molar-refractivity contribution is 5.92. The molecule has 1 rings (SSSR count). The fourth-order valence-electron chi connectivity index (χ4n) is 1.16. The van der Waals surface area contributed by atoms with Crippen LogP contribution in [-0.2, 0) is 6.18 Å². The second kappa shape index (κ2) is 4.48. The number of carboxylic acids is 1. The molecule has 0 aliphatic heterocycles. The van der Waals surface area contributed by atoms with Crippen LogP contribution in [0.4, 0.5) is 26.3 Å². The van der Waals surface area contributed by atoms with E-state index in [1.807, 2.05) is 0 Å². The van der Waals surface area contributed by atoms with Gasteiger partial charge in [-0.25, -0.2) is 4.79 Å². The molecule has 1 aromatic rings. The second-order valence-electron chi connectivity index (χ2n) is 3.10. The van der Waals surface area contributed by atoms with Crippen LogP contribution in [0.3, 0.4) is 0 Å². The molecule has 0 spiro atoms. The smallest absolute Gasteiger partial charge is 0.477 e. The maximum atomic E-state index is 12.4. The lowest BCUT2D eigenvalue weighted by molar-refractivity contribution is -0.276. The van der Waals surface area contributed by atoms with Gasteiger partial charge in [-0.1, -0.05) is 0 Å². The Bertz CT molecular complexity index is 558. The van der Waals surface area contributed by atoms with Crippen molar-refractivity contribution in [3.63, 3.8) is 0 Å². The first kappa shape index (κ1) is 14.9. The van der Waals surface area contributed by atoms with Crippen LogP contribution >= 0.6 is 0 Å². The summed E-state index contributed by atoms with van der Waals surface area (Å²) in [5.41, 5.74) is -5.45. The van der Waals surface area contributed by atoms with E-state index in [1.165, 1.54) is 4.98 Å². The van der Waals surface area contributed by atoms with Crippen LogP contribution in [0.2, 0.25) is 0 Å². The Hall–Kier alpha value is -2.20. The minimum Gasteiger partial charge on any atom is -0.477 e. The standard InChI is InChI=1S/C8H3F6NO4/c9-7(10,11)2-1-3(16)15-5(4(2)6(17)18)19-8(12,13)14/h1H,(H,15,16)(H,17,18). The van der Waals surface area contributed by atoms with Gasteiger partial charge >= 0.3 is 18.5 Å². The summed E-state index contributed by atoms with van der Waals surface area (Å²) in [6.07, 6.45) is -10.8. The van der Waals surface area contributed by atoms with Crippen molar-refractivity contribution in [3.05, 3.63) is 27.5 Å². The van der Waals surface area contributed by atoms with Crippen LogP contribution < -0.4 is 10.3 Å². The molecule has 106 valence electrons. The van der Waals surface area contributed by atoms with Crippen molar-refractivity contribution in [1.29, 1.82) is 0 Å². The molecule has 1 aromatic heterocycles. The van der Waals surface area contributed by atoms with Gasteiger partial charge in [0.05, 0.1) is 5.56 Å². The minimum atomic E-state index is -5.46. The molecule has 2 N–H and O–H groups in total. The van der Waals surface area contributed by atoms with Gasteiger partial charge in [0.1, 0.15) is 5.56 Å². The van der Waals surface area contributed by atoms with Crippen molar-refractivity contribution in [2.24, 2.45) is 0 Å². The van der Waals surface area contributed by atoms with Crippen LogP contribution in [-0.4, -0.2) is 22.4 Å². The molecule has 0 fully saturated rings. The third kappa shape index (κ3) is 3.63. The SMILES string of the molecule is O=C(O)c1c(C(F)(F)F)cc(=O)[nH]c1OC(F)(F)F. The summed E-state index contributed by atoms with van der Waals surface area (Å²) < 4.78 is 76.2. The number of nitrogens with one attached hydrogen (secondary N) is 1. The highest BCUT2D eigenvalue weighted by Gasteiger charge is 2.41. The zero-order valence-corrected chi connectivity index (χ0v) is 8.52. The normalized spacial score (nSPS) is 12.3. The Morgan fingerprint density at radius 2 is 1.74 bits per heavy atom. The molecule has 0 aliphatic rings. The number of aromatic nitrogens is 1. The number of aromatic carboxylic acids is 1. The van der Waals surface area contributed by atoms with E-state index in [0.717, 1.165) is 0 Å². The average molecular weight is 291 g/mol. The Morgan fingerprint density at radius 3 is 2.11 bits per heavy atom. The van der Waals surface area contributed by atoms with Crippen molar-refractivity contribution < 1.29 is 41.0 Å². The topological polar surface area (TPSA) is 79.4 Å². The molecule has 0 bridgehead atoms. The number of hydrogen-bond acceptors (Lipinski definition) is 3. The summed E-state index contributed by atoms with van der Waals surface area (Å²) in [5, 5.41) is 8.53. The van der Waals surface area contributed by atoms with E-state index in [4.69, 9.17) is 5.11 Å². The number of alkyl halides is 6. The predicted molar refractivity (Wildman–Crippen MR) is 45.7 cm³/mol. The monoisotopic (exact) mass is 291 g/mol. The molecule has 0 aromatic carbocycles. The van der Waals surface area contributed by atoms with Crippen molar-refractivity contribution >= 4 is 5.97 Å². The molecule has 0 saturated heterocycles. The maximum Gasteiger partial charge on any atom is 0.574 e. The van der Waals surface area contributed by atoms with E-state index in [2.05, 4.69) is 4.74 Å². The van der Waals surface area contributed by atoms with Gasteiger partial charge in [0.2, 0.25) is 5.88 Å². The van der Waals surface area contributed by atoms with Crippen molar-refractivity contribution in [2.75, 3.05) is 0 Å². The van der Waals surface area contributed by atoms with Crippen molar-refractivity contribution in [1.82, 2.24) is 4.98 Å². The Kier molecular flexibility index (Phi) is 3.50. The fourth-order valence-corrected chi connectivity index (χ4v) is 1.16. The van der Waals surface area contributed by atoms with Crippen LogP contribution in [0.25, 0.3) is 0 Å². The highest BCUT2D eigenvalue weighted by Crippen LogP contribution is 2.35. The minimum absolute atomic E-state index is 0.174. The lowest BCUT2D eigenvalue weighted by Gasteiger charge is -2.14. The van der Waals surface area contributed by atoms with Gasteiger partial charge in [0.15, 0.2) is 0 Å². The Labute approximate surface area is 99.0 Å². The van der Waals surface area contributed by atoms with Gasteiger partial charge in [-0.2, -0.15) is 13.2 Å². The number of rotatable bonds is 2. The first-order chi connectivity index (χ1) is 8.42. The van der Waals surface area contributed by atoms with E-state index in [0.29, 0.717) is 0 Å². The van der Waals surface area contributed by atoms with E-state index < -0.39 is 41.1 Å². The number of carbonyl (C=O) groups is 1. The zero-order chi connectivity index (χ0) is 15.0. The van der Waals surface area contributed by atoms with Gasteiger partial charge in [-0.05, 0) is 0 Å². The molecule has 0 saturated carbocycles. The van der Waals surface area contributed by atoms with Crippen LogP contribution in [0.1, 0.15) is 15.9 Å². The first-order valence-electron chi connectivity index (χ1n) is 4.25. The predicted octanol–water partition coefficient (Wildman–Crippen LogP) is 1.99. The molecule has 0 aliphatic carbocycles. The molecule has 19 heavy (non-hydrogen) atoms. The summed E-state index contributed by atoms with van der Waals surface area (Å²) in [6, 6.07) is -0.174. The molecule has 0 amide bonds. The third-order valence-electron chi connectivity index (χ3n) is 1.75. The summed E-state index contributed by atoms with van der Waals surface area (Å²) in [6.45, 7) is 0. The number of hydrogen-bond donors (Lipinski definition) is 2. The molecule has 0 unspecified atom stereocenters. The first-order valence-corrected chi connectivity index (χ1v) is 4.25. The van der Waals surface area contributed by atoms with Gasteiger partial charge in [0.25, 0.3) is 5.56 Å².